The number of nitrogens with one attached hydrogen (secondary N) is 2. The molecule has 1 aliphatic carbocycles. The number of alkyl carbamates (subject to hydrolysis) is 1. The molecule has 23 heavy (non-hydrogen) atoms. The van der Waals surface area contributed by atoms with Crippen molar-refractivity contribution in [2.45, 2.75) is 51.4 Å². The molecule has 124 valence electrons. The summed E-state index contributed by atoms with van der Waals surface area (Å²) in [7, 11) is 0. The molecule has 0 radical (unpaired) electrons. The molecule has 1 saturated carbocycles. The maximum atomic E-state index is 11.7. The first-order valence-corrected chi connectivity index (χ1v) is 7.69. The predicted molar refractivity (Wildman–Crippen MR) is 86.0 cm³/mol. The first kappa shape index (κ1) is 17.1. The lowest BCUT2D eigenvalue weighted by molar-refractivity contribution is 0.0522. The summed E-state index contributed by atoms with van der Waals surface area (Å²) in [6, 6.07) is 9.94. The second-order valence-electron chi connectivity index (χ2n) is 6.57. The van der Waals surface area contributed by atoms with Crippen LogP contribution in [0.25, 0.3) is 0 Å². The summed E-state index contributed by atoms with van der Waals surface area (Å²) in [6.07, 6.45) is 0.536. The number of nitriles is 1. The summed E-state index contributed by atoms with van der Waals surface area (Å²) < 4.78 is 10.4. The molecule has 0 heterocycles. The van der Waals surface area contributed by atoms with E-state index in [0.717, 1.165) is 18.5 Å². The van der Waals surface area contributed by atoms with E-state index in [9.17, 15) is 4.79 Å². The number of ether oxygens (including phenoxy) is 2. The molecule has 6 nitrogen and oxygen atoms in total. The van der Waals surface area contributed by atoms with Crippen LogP contribution in [0, 0.1) is 11.3 Å². The highest BCUT2D eigenvalue weighted by atomic mass is 16.6. The smallest absolute Gasteiger partial charge is 0.407 e. The van der Waals surface area contributed by atoms with Crippen LogP contribution in [-0.2, 0) is 11.3 Å². The fraction of sp³-hybridized carbons (Fsp3) is 0.529. The SMILES string of the molecule is CC(C)(C)OC(=O)NC1CC1NCc1ccc(OCC#N)cc1. The normalized spacial score (nSPS) is 19.6. The zero-order chi connectivity index (χ0) is 16.9. The van der Waals surface area contributed by atoms with Gasteiger partial charge in [0.05, 0.1) is 0 Å². The molecule has 0 bridgehead atoms. The fourth-order valence-electron chi connectivity index (χ4n) is 2.11. The summed E-state index contributed by atoms with van der Waals surface area (Å²) in [5.41, 5.74) is 0.647. The largest absolute Gasteiger partial charge is 0.479 e. The van der Waals surface area contributed by atoms with Gasteiger partial charge in [0.2, 0.25) is 0 Å². The number of rotatable bonds is 6. The van der Waals surface area contributed by atoms with Crippen LogP contribution in [0.1, 0.15) is 32.8 Å². The molecule has 2 atom stereocenters. The van der Waals surface area contributed by atoms with Crippen LogP contribution >= 0.6 is 0 Å². The molecule has 0 aromatic heterocycles. The second-order valence-corrected chi connectivity index (χ2v) is 6.57. The third-order valence-electron chi connectivity index (χ3n) is 3.29. The summed E-state index contributed by atoms with van der Waals surface area (Å²) >= 11 is 0. The van der Waals surface area contributed by atoms with Crippen molar-refractivity contribution in [3.63, 3.8) is 0 Å². The fourth-order valence-corrected chi connectivity index (χ4v) is 2.11. The van der Waals surface area contributed by atoms with Gasteiger partial charge in [-0.05, 0) is 44.9 Å². The van der Waals surface area contributed by atoms with Crippen molar-refractivity contribution in [2.24, 2.45) is 0 Å². The average molecular weight is 317 g/mol. The lowest BCUT2D eigenvalue weighted by Gasteiger charge is -2.19. The Bertz CT molecular complexity index is 572. The Kier molecular flexibility index (Phi) is 5.45. The minimum Gasteiger partial charge on any atom is -0.479 e. The van der Waals surface area contributed by atoms with Gasteiger partial charge in [-0.15, -0.1) is 0 Å². The molecule has 0 aliphatic heterocycles. The number of hydrogen-bond acceptors (Lipinski definition) is 5. The Morgan fingerprint density at radius 1 is 1.30 bits per heavy atom. The van der Waals surface area contributed by atoms with Gasteiger partial charge in [0.15, 0.2) is 6.61 Å². The van der Waals surface area contributed by atoms with Crippen molar-refractivity contribution in [3.8, 4) is 11.8 Å². The number of benzene rings is 1. The highest BCUT2D eigenvalue weighted by Gasteiger charge is 2.38. The van der Waals surface area contributed by atoms with Gasteiger partial charge in [-0.2, -0.15) is 5.26 Å². The van der Waals surface area contributed by atoms with E-state index >= 15 is 0 Å². The van der Waals surface area contributed by atoms with Crippen LogP contribution in [0.5, 0.6) is 5.75 Å². The summed E-state index contributed by atoms with van der Waals surface area (Å²) in [6.45, 7) is 6.31. The lowest BCUT2D eigenvalue weighted by Crippen LogP contribution is -2.36. The molecular formula is C17H23N3O3. The molecule has 1 aliphatic rings. The van der Waals surface area contributed by atoms with Gasteiger partial charge in [-0.1, -0.05) is 12.1 Å². The highest BCUT2D eigenvalue weighted by molar-refractivity contribution is 5.68. The van der Waals surface area contributed by atoms with Crippen LogP contribution in [-0.4, -0.2) is 30.4 Å². The minimum absolute atomic E-state index is 0.0533. The van der Waals surface area contributed by atoms with Gasteiger partial charge in [-0.3, -0.25) is 0 Å². The average Bonchev–Trinajstić information content (AvgIpc) is 3.20. The standard InChI is InChI=1S/C17H23N3O3/c1-17(2,3)23-16(21)20-15-10-14(15)19-11-12-4-6-13(7-5-12)22-9-8-18/h4-7,14-15,19H,9-11H2,1-3H3,(H,20,21). The summed E-state index contributed by atoms with van der Waals surface area (Å²) in [4.78, 5) is 11.7. The Labute approximate surface area is 136 Å². The van der Waals surface area contributed by atoms with E-state index in [-0.39, 0.29) is 24.8 Å². The molecule has 1 aromatic carbocycles. The summed E-state index contributed by atoms with van der Waals surface area (Å²) in [5, 5.41) is 14.7. The van der Waals surface area contributed by atoms with E-state index in [1.807, 2.05) is 51.1 Å². The first-order chi connectivity index (χ1) is 10.9. The van der Waals surface area contributed by atoms with Gasteiger partial charge in [0.25, 0.3) is 0 Å². The monoisotopic (exact) mass is 317 g/mol. The van der Waals surface area contributed by atoms with Crippen molar-refractivity contribution >= 4 is 6.09 Å². The van der Waals surface area contributed by atoms with Crippen molar-refractivity contribution < 1.29 is 14.3 Å². The van der Waals surface area contributed by atoms with Crippen molar-refractivity contribution in [2.75, 3.05) is 6.61 Å². The van der Waals surface area contributed by atoms with Crippen LogP contribution in [0.3, 0.4) is 0 Å². The van der Waals surface area contributed by atoms with Gasteiger partial charge in [0, 0.05) is 18.6 Å². The topological polar surface area (TPSA) is 83.4 Å². The van der Waals surface area contributed by atoms with Gasteiger partial charge >= 0.3 is 6.09 Å². The van der Waals surface area contributed by atoms with Gasteiger partial charge in [0.1, 0.15) is 17.4 Å². The molecular weight excluding hydrogens is 294 g/mol. The summed E-state index contributed by atoms with van der Waals surface area (Å²) in [5.74, 6) is 0.686. The van der Waals surface area contributed by atoms with Gasteiger partial charge < -0.3 is 20.1 Å². The minimum atomic E-state index is -0.475. The first-order valence-electron chi connectivity index (χ1n) is 7.69. The van der Waals surface area contributed by atoms with Crippen LogP contribution < -0.4 is 15.4 Å². The molecule has 0 spiro atoms. The van der Waals surface area contributed by atoms with Crippen LogP contribution in [0.4, 0.5) is 4.79 Å². The molecule has 2 N–H and O–H groups in total. The van der Waals surface area contributed by atoms with E-state index in [1.54, 1.807) is 0 Å². The van der Waals surface area contributed by atoms with E-state index in [4.69, 9.17) is 14.7 Å². The predicted octanol–water partition coefficient (Wildman–Crippen LogP) is 2.34. The Morgan fingerprint density at radius 3 is 2.61 bits per heavy atom. The zero-order valence-electron chi connectivity index (χ0n) is 13.8. The van der Waals surface area contributed by atoms with Gasteiger partial charge in [-0.25, -0.2) is 4.79 Å². The van der Waals surface area contributed by atoms with Crippen molar-refractivity contribution in [1.29, 1.82) is 5.26 Å². The molecule has 2 rings (SSSR count). The van der Waals surface area contributed by atoms with E-state index < -0.39 is 5.60 Å². The maximum absolute atomic E-state index is 11.7. The van der Waals surface area contributed by atoms with E-state index in [0.29, 0.717) is 5.75 Å². The number of nitrogens with zero attached hydrogens (tertiary/aromatic N) is 1. The molecule has 6 heteroatoms. The number of amides is 1. The Balaban J connectivity index is 1.68. The molecule has 2 unspecified atom stereocenters. The second kappa shape index (κ2) is 7.34. The molecule has 1 amide bonds. The molecule has 0 saturated heterocycles. The quantitative estimate of drug-likeness (QED) is 0.841. The number of hydrogen-bond donors (Lipinski definition) is 2. The number of carbonyl (C=O) groups is 1. The molecule has 1 fully saturated rings. The third kappa shape index (κ3) is 6.17. The highest BCUT2D eigenvalue weighted by Crippen LogP contribution is 2.22. The lowest BCUT2D eigenvalue weighted by atomic mass is 10.2. The third-order valence-corrected chi connectivity index (χ3v) is 3.29. The maximum Gasteiger partial charge on any atom is 0.407 e. The Morgan fingerprint density at radius 2 is 2.00 bits per heavy atom. The zero-order valence-corrected chi connectivity index (χ0v) is 13.8. The van der Waals surface area contributed by atoms with Crippen LogP contribution in [0.2, 0.25) is 0 Å². The Hall–Kier alpha value is -2.26. The van der Waals surface area contributed by atoms with E-state index in [2.05, 4.69) is 10.6 Å². The number of carbonyl (C=O) groups excluding carboxylic acids is 1. The molecule has 1 aromatic rings. The van der Waals surface area contributed by atoms with Crippen LogP contribution in [0.15, 0.2) is 24.3 Å². The van der Waals surface area contributed by atoms with E-state index in [1.165, 1.54) is 0 Å². The van der Waals surface area contributed by atoms with Crippen molar-refractivity contribution in [3.05, 3.63) is 29.8 Å². The van der Waals surface area contributed by atoms with Crippen molar-refractivity contribution in [1.82, 2.24) is 10.6 Å².